The van der Waals surface area contributed by atoms with Gasteiger partial charge < -0.3 is 9.79 Å². The molecule has 0 unspecified atom stereocenters. The van der Waals surface area contributed by atoms with Crippen LogP contribution in [0.1, 0.15) is 61.9 Å². The van der Waals surface area contributed by atoms with Gasteiger partial charge in [-0.2, -0.15) is 0 Å². The van der Waals surface area contributed by atoms with E-state index in [2.05, 4.69) is 110 Å². The monoisotopic (exact) mass is 608 g/mol. The average molecular weight is 608 g/mol. The van der Waals surface area contributed by atoms with E-state index in [1.54, 1.807) is 0 Å². The number of hydrogen-bond acceptors (Lipinski definition) is 2. The predicted octanol–water partition coefficient (Wildman–Crippen LogP) is 5.50. The van der Waals surface area contributed by atoms with Crippen molar-refractivity contribution in [1.29, 1.82) is 0 Å². The van der Waals surface area contributed by atoms with Crippen LogP contribution < -0.4 is 10.9 Å². The van der Waals surface area contributed by atoms with Gasteiger partial charge in [-0.3, -0.25) is 0 Å². The molecule has 1 aromatic heterocycles. The number of fused-ring (bicyclic) bond motifs is 2. The second-order valence-electron chi connectivity index (χ2n) is 9.21. The number of nitrogens with zero attached hydrogens (tertiary/aromatic N) is 2. The van der Waals surface area contributed by atoms with Crippen LogP contribution in [0.5, 0.6) is 0 Å². The van der Waals surface area contributed by atoms with Crippen molar-refractivity contribution < 1.29 is 20.1 Å². The summed E-state index contributed by atoms with van der Waals surface area (Å²) < 4.78 is 0. The minimum Gasteiger partial charge on any atom is -0.465 e. The molecular weight excluding hydrogens is 579 g/mol. The maximum atomic E-state index is 4.58. The fourth-order valence-corrected chi connectivity index (χ4v) is 4.90. The molecule has 33 heavy (non-hydrogen) atoms. The van der Waals surface area contributed by atoms with Gasteiger partial charge in [0.2, 0.25) is 0 Å². The van der Waals surface area contributed by atoms with Crippen LogP contribution in [-0.2, 0) is 20.1 Å². The van der Waals surface area contributed by atoms with Gasteiger partial charge in [0.05, 0.1) is 0 Å². The predicted molar refractivity (Wildman–Crippen MR) is 136 cm³/mol. The SMILES string of the molecule is CC(C)c1cccc(C(C)C)c1B1c2ccccc2C=C2C=[C-]C(c3ccccn3)=CN12.[Ir]. The first kappa shape index (κ1) is 23.5. The van der Waals surface area contributed by atoms with Crippen LogP contribution in [0.15, 0.2) is 84.8 Å². The van der Waals surface area contributed by atoms with Crippen molar-refractivity contribution in [2.45, 2.75) is 39.5 Å². The van der Waals surface area contributed by atoms with E-state index in [0.29, 0.717) is 11.8 Å². The van der Waals surface area contributed by atoms with Gasteiger partial charge in [0.25, 0.3) is 0 Å². The number of allylic oxidation sites excluding steroid dienone is 3. The molecule has 0 spiro atoms. The number of benzene rings is 2. The largest absolute Gasteiger partial charge is 0.465 e. The van der Waals surface area contributed by atoms with Crippen LogP contribution in [0.4, 0.5) is 0 Å². The van der Waals surface area contributed by atoms with E-state index < -0.39 is 0 Å². The normalized spacial score (nSPS) is 14.5. The van der Waals surface area contributed by atoms with E-state index in [1.807, 2.05) is 18.3 Å². The maximum absolute atomic E-state index is 4.58. The topological polar surface area (TPSA) is 16.1 Å². The van der Waals surface area contributed by atoms with Gasteiger partial charge in [0, 0.05) is 26.3 Å². The zero-order valence-electron chi connectivity index (χ0n) is 19.5. The standard InChI is InChI=1S/C29H28BN2.Ir/c1-20(2)25-11-9-12-26(21(3)4)29(25)30-27-13-6-5-10-22(27)18-24-16-15-23(19-32(24)30)28-14-7-8-17-31-28;/h5-14,16-21H,1-4H3;/q-1;. The molecule has 2 nitrogen and oxygen atoms in total. The Kier molecular flexibility index (Phi) is 6.88. The average Bonchev–Trinajstić information content (AvgIpc) is 2.82. The van der Waals surface area contributed by atoms with Crippen LogP contribution in [-0.4, -0.2) is 16.6 Å². The molecule has 4 heteroatoms. The minimum atomic E-state index is 0. The molecule has 2 aromatic carbocycles. The van der Waals surface area contributed by atoms with Crippen molar-refractivity contribution in [1.82, 2.24) is 9.79 Å². The first-order chi connectivity index (χ1) is 15.5. The second kappa shape index (κ2) is 9.67. The van der Waals surface area contributed by atoms with Crippen LogP contribution in [0.2, 0.25) is 0 Å². The Balaban J connectivity index is 0.00000259. The van der Waals surface area contributed by atoms with Gasteiger partial charge in [0.15, 0.2) is 0 Å². The van der Waals surface area contributed by atoms with Crippen LogP contribution >= 0.6 is 0 Å². The maximum Gasteiger partial charge on any atom is 0.311 e. The Morgan fingerprint density at radius 3 is 2.21 bits per heavy atom. The van der Waals surface area contributed by atoms with Crippen molar-refractivity contribution in [3.63, 3.8) is 0 Å². The summed E-state index contributed by atoms with van der Waals surface area (Å²) in [5, 5.41) is 0. The zero-order chi connectivity index (χ0) is 22.2. The zero-order valence-corrected chi connectivity index (χ0v) is 21.9. The second-order valence-corrected chi connectivity index (χ2v) is 9.21. The molecule has 0 atom stereocenters. The number of pyridine rings is 1. The first-order valence-electron chi connectivity index (χ1n) is 11.5. The van der Waals surface area contributed by atoms with Gasteiger partial charge >= 0.3 is 6.85 Å². The molecule has 0 bridgehead atoms. The number of rotatable bonds is 4. The Labute approximate surface area is 211 Å². The van der Waals surface area contributed by atoms with E-state index in [9.17, 15) is 0 Å². The third kappa shape index (κ3) is 4.30. The Hall–Kier alpha value is -2.68. The van der Waals surface area contributed by atoms with Crippen molar-refractivity contribution >= 4 is 29.4 Å². The summed E-state index contributed by atoms with van der Waals surface area (Å²) in [6.45, 7) is 9.31. The van der Waals surface area contributed by atoms with Crippen molar-refractivity contribution in [3.05, 3.63) is 113 Å². The molecule has 1 radical (unpaired) electrons. The molecule has 0 amide bonds. The first-order valence-corrected chi connectivity index (χ1v) is 11.5. The van der Waals surface area contributed by atoms with Gasteiger partial charge in [-0.15, -0.1) is 17.7 Å². The third-order valence-electron chi connectivity index (χ3n) is 6.45. The molecule has 3 aromatic rings. The van der Waals surface area contributed by atoms with E-state index in [1.165, 1.54) is 33.3 Å². The Morgan fingerprint density at radius 1 is 0.848 bits per heavy atom. The fourth-order valence-electron chi connectivity index (χ4n) is 4.90. The molecule has 0 N–H and O–H groups in total. The van der Waals surface area contributed by atoms with E-state index in [0.717, 1.165) is 11.3 Å². The molecule has 0 saturated carbocycles. The van der Waals surface area contributed by atoms with Crippen molar-refractivity contribution in [3.8, 4) is 0 Å². The summed E-state index contributed by atoms with van der Waals surface area (Å²) in [6.07, 6.45) is 11.9. The smallest absolute Gasteiger partial charge is 0.311 e. The summed E-state index contributed by atoms with van der Waals surface area (Å²) in [4.78, 5) is 7.00. The number of aromatic nitrogens is 1. The molecule has 167 valence electrons. The summed E-state index contributed by atoms with van der Waals surface area (Å²) in [5.74, 6) is 0.882. The molecule has 0 saturated heterocycles. The fraction of sp³-hybridized carbons (Fsp3) is 0.207. The van der Waals surface area contributed by atoms with E-state index in [-0.39, 0.29) is 27.0 Å². The Morgan fingerprint density at radius 2 is 1.55 bits per heavy atom. The Bertz CT molecular complexity index is 1220. The minimum absolute atomic E-state index is 0. The van der Waals surface area contributed by atoms with Gasteiger partial charge in [-0.05, 0) is 51.2 Å². The van der Waals surface area contributed by atoms with E-state index in [4.69, 9.17) is 0 Å². The summed E-state index contributed by atoms with van der Waals surface area (Å²) in [6, 6.07) is 21.7. The quantitative estimate of drug-likeness (QED) is 0.288. The molecule has 2 aliphatic heterocycles. The van der Waals surface area contributed by atoms with Gasteiger partial charge in [0.1, 0.15) is 0 Å². The van der Waals surface area contributed by atoms with Crippen LogP contribution in [0, 0.1) is 6.08 Å². The molecule has 0 fully saturated rings. The molecule has 5 rings (SSSR count). The van der Waals surface area contributed by atoms with Gasteiger partial charge in [-0.25, -0.2) is 0 Å². The van der Waals surface area contributed by atoms with Crippen LogP contribution in [0.25, 0.3) is 11.6 Å². The summed E-state index contributed by atoms with van der Waals surface area (Å²) in [7, 11) is 0. The van der Waals surface area contributed by atoms with Crippen LogP contribution in [0.3, 0.4) is 0 Å². The van der Waals surface area contributed by atoms with E-state index >= 15 is 0 Å². The molecule has 3 heterocycles. The summed E-state index contributed by atoms with van der Waals surface area (Å²) in [5.41, 5.74) is 10.0. The van der Waals surface area contributed by atoms with Crippen molar-refractivity contribution in [2.24, 2.45) is 0 Å². The summed E-state index contributed by atoms with van der Waals surface area (Å²) >= 11 is 0. The molecule has 2 aliphatic rings. The molecule has 0 aliphatic carbocycles. The van der Waals surface area contributed by atoms with Gasteiger partial charge in [-0.1, -0.05) is 100 Å². The van der Waals surface area contributed by atoms with Crippen molar-refractivity contribution in [2.75, 3.05) is 0 Å². The third-order valence-corrected chi connectivity index (χ3v) is 6.45. The number of hydrogen-bond donors (Lipinski definition) is 0. The molecular formula is C29H28BIrN2-.